The largest absolute Gasteiger partial charge is 0.379 e. The maximum Gasteiger partial charge on any atom is 0.264 e. The van der Waals surface area contributed by atoms with E-state index in [1.807, 2.05) is 11.9 Å². The Morgan fingerprint density at radius 1 is 1.14 bits per heavy atom. The third-order valence-electron chi connectivity index (χ3n) is 8.04. The summed E-state index contributed by atoms with van der Waals surface area (Å²) < 4.78 is 49.9. The van der Waals surface area contributed by atoms with Crippen molar-refractivity contribution in [3.63, 3.8) is 0 Å². The molecule has 1 N–H and O–H groups in total. The Morgan fingerprint density at radius 2 is 1.83 bits per heavy atom. The zero-order valence-corrected chi connectivity index (χ0v) is 24.9. The van der Waals surface area contributed by atoms with Gasteiger partial charge in [0.2, 0.25) is 0 Å². The number of amides is 1. The number of ether oxygens (including phenoxy) is 1. The van der Waals surface area contributed by atoms with Crippen LogP contribution in [-0.2, 0) is 18.3 Å². The summed E-state index contributed by atoms with van der Waals surface area (Å²) in [6.07, 6.45) is -0.200. The molecule has 42 heavy (non-hydrogen) atoms. The molecular formula is C29H35F3N6O3S. The number of alkyl halides is 2. The summed E-state index contributed by atoms with van der Waals surface area (Å²) in [5, 5.41) is 3.21. The number of nitrogens with one attached hydrogen (secondary N) is 1. The number of rotatable bonds is 7. The van der Waals surface area contributed by atoms with Crippen LogP contribution in [0.4, 0.5) is 24.5 Å². The number of nitrogens with zero attached hydrogens (tertiary/aromatic N) is 5. The quantitative estimate of drug-likeness (QED) is 0.433. The van der Waals surface area contributed by atoms with Gasteiger partial charge in [-0.15, -0.1) is 11.3 Å². The molecule has 5 rings (SSSR count). The van der Waals surface area contributed by atoms with Crippen molar-refractivity contribution in [1.82, 2.24) is 19.4 Å². The molecule has 2 saturated heterocycles. The molecule has 226 valence electrons. The molecular weight excluding hydrogens is 569 g/mol. The second kappa shape index (κ2) is 12.5. The van der Waals surface area contributed by atoms with Crippen LogP contribution < -0.4 is 15.8 Å². The Labute approximate surface area is 246 Å². The van der Waals surface area contributed by atoms with Crippen LogP contribution in [0.5, 0.6) is 0 Å². The number of aryl methyl sites for hydroxylation is 1. The molecule has 2 fully saturated rings. The number of anilines is 2. The monoisotopic (exact) mass is 604 g/mol. The van der Waals surface area contributed by atoms with Crippen LogP contribution in [0.15, 0.2) is 35.4 Å². The fraction of sp³-hybridized carbons (Fsp3) is 0.483. The van der Waals surface area contributed by atoms with E-state index in [1.54, 1.807) is 6.20 Å². The molecule has 0 saturated carbocycles. The highest BCUT2D eigenvalue weighted by atomic mass is 32.1. The summed E-state index contributed by atoms with van der Waals surface area (Å²) in [7, 11) is 3.42. The average Bonchev–Trinajstić information content (AvgIpc) is 3.41. The van der Waals surface area contributed by atoms with Crippen LogP contribution in [-0.4, -0.2) is 83.8 Å². The second-order valence-corrected chi connectivity index (χ2v) is 12.1. The van der Waals surface area contributed by atoms with Gasteiger partial charge in [0.15, 0.2) is 0 Å². The summed E-state index contributed by atoms with van der Waals surface area (Å²) in [6.45, 7) is 8.89. The van der Waals surface area contributed by atoms with Gasteiger partial charge in [-0.3, -0.25) is 19.4 Å². The maximum atomic E-state index is 15.8. The van der Waals surface area contributed by atoms with Crippen LogP contribution in [0.2, 0.25) is 0 Å². The number of morpholine rings is 1. The van der Waals surface area contributed by atoms with Crippen molar-refractivity contribution < 1.29 is 22.7 Å². The van der Waals surface area contributed by atoms with E-state index in [0.29, 0.717) is 43.5 Å². The van der Waals surface area contributed by atoms with E-state index in [4.69, 9.17) is 4.74 Å². The third kappa shape index (κ3) is 6.38. The van der Waals surface area contributed by atoms with Gasteiger partial charge in [0.1, 0.15) is 10.8 Å². The van der Waals surface area contributed by atoms with Crippen molar-refractivity contribution in [2.75, 3.05) is 56.7 Å². The van der Waals surface area contributed by atoms with Crippen LogP contribution in [0.3, 0.4) is 0 Å². The molecule has 1 aromatic carbocycles. The smallest absolute Gasteiger partial charge is 0.264 e. The zero-order valence-electron chi connectivity index (χ0n) is 24.1. The van der Waals surface area contributed by atoms with Gasteiger partial charge in [-0.25, -0.2) is 18.2 Å². The van der Waals surface area contributed by atoms with E-state index in [9.17, 15) is 18.4 Å². The van der Waals surface area contributed by atoms with Gasteiger partial charge in [-0.1, -0.05) is 0 Å². The van der Waals surface area contributed by atoms with E-state index >= 15 is 4.39 Å². The van der Waals surface area contributed by atoms with Crippen LogP contribution in [0, 0.1) is 5.82 Å². The molecule has 4 heterocycles. The van der Waals surface area contributed by atoms with Crippen molar-refractivity contribution in [2.24, 2.45) is 7.05 Å². The number of carbonyl (C=O) groups excluding carboxylic acids is 1. The SMILES string of the molecule is CC1CN(c2cc(F)c(-c3ncc(CN4CCOCC4)s3)cc2NC(=O)c2cn(C)c(=O)cc2C(F)F)CC(C)N1C. The van der Waals surface area contributed by atoms with Gasteiger partial charge in [0.05, 0.1) is 30.2 Å². The van der Waals surface area contributed by atoms with Crippen molar-refractivity contribution in [2.45, 2.75) is 38.9 Å². The van der Waals surface area contributed by atoms with Gasteiger partial charge in [-0.05, 0) is 27.0 Å². The number of aromatic nitrogens is 2. The number of benzene rings is 1. The molecule has 13 heteroatoms. The van der Waals surface area contributed by atoms with Gasteiger partial charge in [0.25, 0.3) is 17.9 Å². The topological polar surface area (TPSA) is 82.9 Å². The standard InChI is InChI=1S/C29H35F3N6O3S/c1-17-13-38(14-18(2)36(17)4)25-11-23(30)21(29-33-12-19(42-29)15-37-5-7-41-8-6-37)9-24(25)34-28(40)22-16-35(3)26(39)10-20(22)27(31)32/h9-12,16-18,27H,5-8,13-15H2,1-4H3,(H,34,40). The summed E-state index contributed by atoms with van der Waals surface area (Å²) in [6, 6.07) is 3.98. The fourth-order valence-electron chi connectivity index (χ4n) is 5.38. The Balaban J connectivity index is 1.52. The lowest BCUT2D eigenvalue weighted by molar-refractivity contribution is 0.0346. The zero-order chi connectivity index (χ0) is 30.1. The Kier molecular flexibility index (Phi) is 9.02. The van der Waals surface area contributed by atoms with Crippen molar-refractivity contribution in [1.29, 1.82) is 0 Å². The highest BCUT2D eigenvalue weighted by molar-refractivity contribution is 7.15. The van der Waals surface area contributed by atoms with Crippen LogP contribution in [0.25, 0.3) is 10.6 Å². The summed E-state index contributed by atoms with van der Waals surface area (Å²) >= 11 is 1.37. The predicted octanol–water partition coefficient (Wildman–Crippen LogP) is 4.20. The van der Waals surface area contributed by atoms with E-state index in [1.165, 1.54) is 30.5 Å². The highest BCUT2D eigenvalue weighted by Crippen LogP contribution is 2.38. The molecule has 0 bridgehead atoms. The molecule has 1 amide bonds. The summed E-state index contributed by atoms with van der Waals surface area (Å²) in [5.41, 5.74) is -0.704. The van der Waals surface area contributed by atoms with Crippen LogP contribution in [0.1, 0.15) is 41.1 Å². The first kappa shape index (κ1) is 30.2. The first-order chi connectivity index (χ1) is 20.0. The normalized spacial score (nSPS) is 20.3. The van der Waals surface area contributed by atoms with E-state index in [0.717, 1.165) is 34.8 Å². The van der Waals surface area contributed by atoms with Crippen LogP contribution >= 0.6 is 11.3 Å². The van der Waals surface area contributed by atoms with E-state index < -0.39 is 29.3 Å². The molecule has 0 aliphatic carbocycles. The number of halogens is 3. The lowest BCUT2D eigenvalue weighted by atomic mass is 10.1. The van der Waals surface area contributed by atoms with Crippen molar-refractivity contribution >= 4 is 28.6 Å². The van der Waals surface area contributed by atoms with Gasteiger partial charge >= 0.3 is 0 Å². The molecule has 2 unspecified atom stereocenters. The molecule has 2 aromatic heterocycles. The van der Waals surface area contributed by atoms with Crippen molar-refractivity contribution in [3.05, 3.63) is 62.8 Å². The molecule has 2 atom stereocenters. The summed E-state index contributed by atoms with van der Waals surface area (Å²) in [4.78, 5) is 37.4. The minimum absolute atomic E-state index is 0.149. The Morgan fingerprint density at radius 3 is 2.50 bits per heavy atom. The number of carbonyl (C=O) groups is 1. The third-order valence-corrected chi connectivity index (χ3v) is 9.06. The molecule has 0 radical (unpaired) electrons. The minimum Gasteiger partial charge on any atom is -0.379 e. The van der Waals surface area contributed by atoms with Crippen molar-refractivity contribution in [3.8, 4) is 10.6 Å². The Hall–Kier alpha value is -3.26. The molecule has 2 aliphatic heterocycles. The molecule has 9 nitrogen and oxygen atoms in total. The number of likely N-dealkylation sites (N-methyl/N-ethyl adjacent to an activating group) is 1. The molecule has 0 spiro atoms. The van der Waals surface area contributed by atoms with E-state index in [-0.39, 0.29) is 28.9 Å². The predicted molar refractivity (Wildman–Crippen MR) is 157 cm³/mol. The maximum absolute atomic E-state index is 15.8. The van der Waals surface area contributed by atoms with Gasteiger partial charge < -0.3 is 19.5 Å². The number of thiazole rings is 1. The molecule has 3 aromatic rings. The minimum atomic E-state index is -3.03. The first-order valence-corrected chi connectivity index (χ1v) is 14.7. The fourth-order valence-corrected chi connectivity index (χ4v) is 6.35. The Bertz CT molecular complexity index is 1490. The lowest BCUT2D eigenvalue weighted by Crippen LogP contribution is -2.55. The average molecular weight is 605 g/mol. The number of pyridine rings is 1. The number of hydrogen-bond acceptors (Lipinski definition) is 8. The number of hydrogen-bond donors (Lipinski definition) is 1. The molecule has 2 aliphatic rings. The van der Waals surface area contributed by atoms with Gasteiger partial charge in [0, 0.05) is 92.4 Å². The highest BCUT2D eigenvalue weighted by Gasteiger charge is 2.30. The lowest BCUT2D eigenvalue weighted by Gasteiger charge is -2.44. The van der Waals surface area contributed by atoms with Gasteiger partial charge in [-0.2, -0.15) is 0 Å². The first-order valence-electron chi connectivity index (χ1n) is 13.9. The summed E-state index contributed by atoms with van der Waals surface area (Å²) in [5.74, 6) is -1.31. The second-order valence-electron chi connectivity index (χ2n) is 11.0. The number of piperazine rings is 1. The van der Waals surface area contributed by atoms with E-state index in [2.05, 4.69) is 33.9 Å².